The molecule has 8 heteroatoms. The first-order valence-electron chi connectivity index (χ1n) is 12.2. The van der Waals surface area contributed by atoms with Crippen LogP contribution in [0.15, 0.2) is 30.3 Å². The third-order valence-electron chi connectivity index (χ3n) is 7.21. The monoisotopic (exact) mass is 466 g/mol. The molecule has 2 aromatic rings. The number of fused-ring (bicyclic) bond motifs is 1. The molecule has 0 radical (unpaired) electrons. The zero-order valence-electron chi connectivity index (χ0n) is 20.0. The molecular weight excluding hydrogens is 432 g/mol. The maximum atomic E-state index is 13.3. The molecule has 5 rings (SSSR count). The molecule has 1 amide bonds. The molecule has 0 aromatic heterocycles. The molecule has 34 heavy (non-hydrogen) atoms. The van der Waals surface area contributed by atoms with Crippen LogP contribution in [0.4, 0.5) is 5.69 Å². The maximum absolute atomic E-state index is 13.3. The predicted molar refractivity (Wildman–Crippen MR) is 130 cm³/mol. The first-order valence-corrected chi connectivity index (χ1v) is 12.2. The number of carbonyl (C=O) groups excluding carboxylic acids is 1. The molecule has 3 heterocycles. The van der Waals surface area contributed by atoms with E-state index in [4.69, 9.17) is 4.74 Å². The van der Waals surface area contributed by atoms with Crippen molar-refractivity contribution < 1.29 is 19.7 Å². The molecule has 2 N–H and O–H groups in total. The van der Waals surface area contributed by atoms with Gasteiger partial charge in [0.15, 0.2) is 0 Å². The normalized spacial score (nSPS) is 19.6. The summed E-state index contributed by atoms with van der Waals surface area (Å²) in [6.45, 7) is 12.4. The van der Waals surface area contributed by atoms with Crippen LogP contribution in [0, 0.1) is 0 Å². The van der Waals surface area contributed by atoms with Gasteiger partial charge < -0.3 is 24.7 Å². The first-order chi connectivity index (χ1) is 16.4. The van der Waals surface area contributed by atoms with E-state index in [1.807, 2.05) is 13.8 Å². The summed E-state index contributed by atoms with van der Waals surface area (Å²) in [4.78, 5) is 17.4. The Kier molecular flexibility index (Phi) is 6.38. The van der Waals surface area contributed by atoms with Crippen molar-refractivity contribution in [1.29, 1.82) is 0 Å². The number of aromatic hydroxyl groups is 2. The van der Waals surface area contributed by atoms with Crippen LogP contribution in [-0.2, 0) is 17.8 Å². The number of piperazine rings is 1. The third kappa shape index (κ3) is 4.45. The summed E-state index contributed by atoms with van der Waals surface area (Å²) in [7, 11) is 0. The topological polar surface area (TPSA) is 79.7 Å². The van der Waals surface area contributed by atoms with Gasteiger partial charge in [0.05, 0.1) is 18.8 Å². The van der Waals surface area contributed by atoms with Crippen LogP contribution < -0.4 is 4.90 Å². The lowest BCUT2D eigenvalue weighted by Gasteiger charge is -2.43. The van der Waals surface area contributed by atoms with Crippen LogP contribution in [0.5, 0.6) is 11.5 Å². The zero-order chi connectivity index (χ0) is 23.8. The van der Waals surface area contributed by atoms with Crippen molar-refractivity contribution in [2.24, 2.45) is 0 Å². The highest BCUT2D eigenvalue weighted by Crippen LogP contribution is 2.35. The average Bonchev–Trinajstić information content (AvgIpc) is 3.28. The fourth-order valence-corrected chi connectivity index (χ4v) is 5.19. The summed E-state index contributed by atoms with van der Waals surface area (Å²) in [5.41, 5.74) is 4.41. The molecule has 182 valence electrons. The van der Waals surface area contributed by atoms with E-state index in [1.54, 1.807) is 11.0 Å². The minimum absolute atomic E-state index is 0.0205. The number of hydrazine groups is 1. The highest BCUT2D eigenvalue weighted by molar-refractivity contribution is 5.97. The van der Waals surface area contributed by atoms with Gasteiger partial charge in [-0.25, -0.2) is 10.0 Å². The Morgan fingerprint density at radius 2 is 1.53 bits per heavy atom. The lowest BCUT2D eigenvalue weighted by Crippen LogP contribution is -2.56. The van der Waals surface area contributed by atoms with Crippen molar-refractivity contribution in [2.75, 3.05) is 57.4 Å². The Morgan fingerprint density at radius 1 is 0.853 bits per heavy atom. The van der Waals surface area contributed by atoms with Crippen LogP contribution >= 0.6 is 0 Å². The minimum Gasteiger partial charge on any atom is -0.508 e. The number of hydrogen-bond donors (Lipinski definition) is 2. The summed E-state index contributed by atoms with van der Waals surface area (Å²) in [6.07, 6.45) is 0. The Labute approximate surface area is 200 Å². The molecule has 3 aliphatic rings. The Morgan fingerprint density at radius 3 is 2.24 bits per heavy atom. The van der Waals surface area contributed by atoms with Crippen LogP contribution in [0.2, 0.25) is 0 Å². The molecular formula is C26H34N4O4. The standard InChI is InChI=1S/C26H34N4O4/c1-18(2)22-14-23(25(32)15-24(22)31)26(33)28-16-19-3-4-21(13-20(19)17-28)27-5-7-29(8-6-27)30-9-11-34-12-10-30/h3-4,13-15,18,31-32H,5-12,16-17H2,1-2H3. The van der Waals surface area contributed by atoms with E-state index >= 15 is 0 Å². The fraction of sp³-hybridized carbons (Fsp3) is 0.500. The largest absolute Gasteiger partial charge is 0.508 e. The van der Waals surface area contributed by atoms with E-state index in [9.17, 15) is 15.0 Å². The lowest BCUT2D eigenvalue weighted by molar-refractivity contribution is -0.0919. The second-order valence-corrected chi connectivity index (χ2v) is 9.70. The van der Waals surface area contributed by atoms with Gasteiger partial charge in [-0.05, 0) is 40.8 Å². The molecule has 8 nitrogen and oxygen atoms in total. The van der Waals surface area contributed by atoms with Crippen molar-refractivity contribution in [2.45, 2.75) is 32.9 Å². The van der Waals surface area contributed by atoms with E-state index in [1.165, 1.54) is 11.8 Å². The molecule has 0 atom stereocenters. The van der Waals surface area contributed by atoms with E-state index in [-0.39, 0.29) is 28.9 Å². The Hall–Kier alpha value is -2.81. The highest BCUT2D eigenvalue weighted by Gasteiger charge is 2.29. The van der Waals surface area contributed by atoms with E-state index in [0.29, 0.717) is 18.7 Å². The number of nitrogens with zero attached hydrogens (tertiary/aromatic N) is 4. The van der Waals surface area contributed by atoms with Gasteiger partial charge in [0, 0.05) is 64.1 Å². The zero-order valence-corrected chi connectivity index (χ0v) is 20.0. The van der Waals surface area contributed by atoms with Gasteiger partial charge in [-0.2, -0.15) is 0 Å². The lowest BCUT2D eigenvalue weighted by atomic mass is 9.98. The highest BCUT2D eigenvalue weighted by atomic mass is 16.5. The van der Waals surface area contributed by atoms with Gasteiger partial charge in [-0.15, -0.1) is 0 Å². The molecule has 0 bridgehead atoms. The summed E-state index contributed by atoms with van der Waals surface area (Å²) >= 11 is 0. The summed E-state index contributed by atoms with van der Waals surface area (Å²) in [6, 6.07) is 9.40. The molecule has 2 fully saturated rings. The van der Waals surface area contributed by atoms with Gasteiger partial charge >= 0.3 is 0 Å². The number of rotatable bonds is 4. The van der Waals surface area contributed by atoms with Crippen molar-refractivity contribution in [3.8, 4) is 11.5 Å². The first kappa shape index (κ1) is 23.0. The van der Waals surface area contributed by atoms with Crippen molar-refractivity contribution in [3.05, 3.63) is 52.6 Å². The van der Waals surface area contributed by atoms with Gasteiger partial charge in [0.2, 0.25) is 0 Å². The van der Waals surface area contributed by atoms with Crippen LogP contribution in [0.1, 0.15) is 46.8 Å². The Balaban J connectivity index is 1.25. The predicted octanol–water partition coefficient (Wildman–Crippen LogP) is 2.75. The molecule has 2 saturated heterocycles. The van der Waals surface area contributed by atoms with E-state index in [2.05, 4.69) is 33.1 Å². The van der Waals surface area contributed by atoms with Gasteiger partial charge in [0.25, 0.3) is 5.91 Å². The summed E-state index contributed by atoms with van der Waals surface area (Å²) in [5.74, 6) is -0.320. The fourth-order valence-electron chi connectivity index (χ4n) is 5.19. The number of phenols is 2. The van der Waals surface area contributed by atoms with Gasteiger partial charge in [-0.1, -0.05) is 19.9 Å². The molecule has 0 spiro atoms. The van der Waals surface area contributed by atoms with Crippen molar-refractivity contribution in [3.63, 3.8) is 0 Å². The molecule has 0 aliphatic carbocycles. The van der Waals surface area contributed by atoms with E-state index in [0.717, 1.165) is 63.6 Å². The Bertz CT molecular complexity index is 1060. The summed E-state index contributed by atoms with van der Waals surface area (Å²) in [5, 5.41) is 25.3. The molecule has 2 aromatic carbocycles. The van der Waals surface area contributed by atoms with Crippen LogP contribution in [0.25, 0.3) is 0 Å². The van der Waals surface area contributed by atoms with Crippen molar-refractivity contribution >= 4 is 11.6 Å². The number of hydrogen-bond acceptors (Lipinski definition) is 7. The maximum Gasteiger partial charge on any atom is 0.258 e. The second-order valence-electron chi connectivity index (χ2n) is 9.70. The molecule has 3 aliphatic heterocycles. The number of ether oxygens (including phenoxy) is 1. The van der Waals surface area contributed by atoms with Gasteiger partial charge in [0.1, 0.15) is 11.5 Å². The van der Waals surface area contributed by atoms with Gasteiger partial charge in [-0.3, -0.25) is 4.79 Å². The number of morpholine rings is 1. The van der Waals surface area contributed by atoms with Crippen molar-refractivity contribution in [1.82, 2.24) is 14.9 Å². The third-order valence-corrected chi connectivity index (χ3v) is 7.21. The van der Waals surface area contributed by atoms with Crippen LogP contribution in [-0.4, -0.2) is 83.5 Å². The summed E-state index contributed by atoms with van der Waals surface area (Å²) < 4.78 is 5.47. The smallest absolute Gasteiger partial charge is 0.258 e. The second kappa shape index (κ2) is 9.44. The number of benzene rings is 2. The number of phenolic OH excluding ortho intramolecular Hbond substituents is 2. The molecule has 0 saturated carbocycles. The van der Waals surface area contributed by atoms with Crippen LogP contribution in [0.3, 0.4) is 0 Å². The SMILES string of the molecule is CC(C)c1cc(C(=O)N2Cc3ccc(N4CCN(N5CCOCC5)CC4)cc3C2)c(O)cc1O. The minimum atomic E-state index is -0.212. The average molecular weight is 467 g/mol. The van der Waals surface area contributed by atoms with E-state index < -0.39 is 0 Å². The quantitative estimate of drug-likeness (QED) is 0.717. The number of anilines is 1. The number of amides is 1. The number of carbonyl (C=O) groups is 1. The molecule has 0 unspecified atom stereocenters.